The van der Waals surface area contributed by atoms with Crippen molar-refractivity contribution in [2.45, 2.75) is 27.2 Å². The van der Waals surface area contributed by atoms with E-state index in [-0.39, 0.29) is 17.9 Å². The Morgan fingerprint density at radius 1 is 1.45 bits per heavy atom. The Morgan fingerprint density at radius 2 is 2.15 bits per heavy atom. The van der Waals surface area contributed by atoms with Crippen LogP contribution < -0.4 is 15.8 Å². The number of benzene rings is 1. The molecule has 112 valence electrons. The first-order valence-corrected chi connectivity index (χ1v) is 6.81. The van der Waals surface area contributed by atoms with E-state index in [1.54, 1.807) is 18.2 Å². The van der Waals surface area contributed by atoms with Gasteiger partial charge in [0.1, 0.15) is 11.3 Å². The van der Waals surface area contributed by atoms with E-state index in [4.69, 9.17) is 15.6 Å². The Kier molecular flexibility index (Phi) is 5.82. The lowest BCUT2D eigenvalue weighted by Gasteiger charge is -2.24. The van der Waals surface area contributed by atoms with E-state index in [1.807, 2.05) is 20.8 Å². The lowest BCUT2D eigenvalue weighted by atomic mass is 9.89. The molecule has 0 unspecified atom stereocenters. The minimum absolute atomic E-state index is 0.0978. The summed E-state index contributed by atoms with van der Waals surface area (Å²) < 4.78 is 5.44. The number of aliphatic hydroxyl groups excluding tert-OH is 1. The molecular formula is C15H24N2O3. The van der Waals surface area contributed by atoms with Gasteiger partial charge >= 0.3 is 0 Å². The van der Waals surface area contributed by atoms with E-state index in [9.17, 15) is 4.79 Å². The van der Waals surface area contributed by atoms with Crippen LogP contribution in [0.4, 0.5) is 5.69 Å². The predicted molar refractivity (Wildman–Crippen MR) is 79.8 cm³/mol. The van der Waals surface area contributed by atoms with Gasteiger partial charge < -0.3 is 20.9 Å². The Labute approximate surface area is 120 Å². The van der Waals surface area contributed by atoms with E-state index in [0.29, 0.717) is 36.6 Å². The average molecular weight is 280 g/mol. The highest BCUT2D eigenvalue weighted by atomic mass is 16.5. The van der Waals surface area contributed by atoms with Gasteiger partial charge in [-0.3, -0.25) is 4.79 Å². The fraction of sp³-hybridized carbons (Fsp3) is 0.533. The monoisotopic (exact) mass is 280 g/mol. The molecule has 0 aromatic heterocycles. The molecule has 5 heteroatoms. The van der Waals surface area contributed by atoms with Gasteiger partial charge in [-0.15, -0.1) is 0 Å². The molecule has 0 saturated carbocycles. The van der Waals surface area contributed by atoms with Crippen LogP contribution in [0.1, 0.15) is 37.6 Å². The van der Waals surface area contributed by atoms with Crippen molar-refractivity contribution in [1.82, 2.24) is 5.32 Å². The Bertz CT molecular complexity index is 458. The molecule has 5 nitrogen and oxygen atoms in total. The van der Waals surface area contributed by atoms with Crippen molar-refractivity contribution < 1.29 is 14.6 Å². The standard InChI is InChI=1S/C15H24N2O3/c1-4-20-12-7-5-6-11(16)13(12)14(19)17-10-15(2,3)8-9-18/h5-7,18H,4,8-10,16H2,1-3H3,(H,17,19). The number of ether oxygens (including phenoxy) is 1. The first kappa shape index (κ1) is 16.3. The van der Waals surface area contributed by atoms with Gasteiger partial charge in [0.2, 0.25) is 0 Å². The predicted octanol–water partition coefficient (Wildman–Crippen LogP) is 1.81. The maximum absolute atomic E-state index is 12.3. The summed E-state index contributed by atoms with van der Waals surface area (Å²) in [5.74, 6) is 0.238. The van der Waals surface area contributed by atoms with Crippen LogP contribution in [0.25, 0.3) is 0 Å². The van der Waals surface area contributed by atoms with Gasteiger partial charge in [0.05, 0.1) is 6.61 Å². The molecule has 0 radical (unpaired) electrons. The van der Waals surface area contributed by atoms with Gasteiger partial charge in [-0.1, -0.05) is 19.9 Å². The van der Waals surface area contributed by atoms with Crippen molar-refractivity contribution in [1.29, 1.82) is 0 Å². The van der Waals surface area contributed by atoms with Crippen LogP contribution >= 0.6 is 0 Å². The second-order valence-corrected chi connectivity index (χ2v) is 5.47. The van der Waals surface area contributed by atoms with Crippen LogP contribution in [-0.2, 0) is 0 Å². The number of carbonyl (C=O) groups excluding carboxylic acids is 1. The number of anilines is 1. The zero-order valence-electron chi connectivity index (χ0n) is 12.4. The molecule has 0 heterocycles. The third-order valence-corrected chi connectivity index (χ3v) is 3.10. The molecule has 0 bridgehead atoms. The number of nitrogen functional groups attached to an aromatic ring is 1. The molecule has 0 saturated heterocycles. The molecule has 20 heavy (non-hydrogen) atoms. The minimum Gasteiger partial charge on any atom is -0.493 e. The number of amides is 1. The fourth-order valence-electron chi connectivity index (χ4n) is 1.87. The molecular weight excluding hydrogens is 256 g/mol. The summed E-state index contributed by atoms with van der Waals surface area (Å²) in [6.07, 6.45) is 0.621. The maximum atomic E-state index is 12.3. The largest absolute Gasteiger partial charge is 0.493 e. The van der Waals surface area contributed by atoms with Crippen LogP contribution in [0.15, 0.2) is 18.2 Å². The van der Waals surface area contributed by atoms with Crippen molar-refractivity contribution in [3.63, 3.8) is 0 Å². The van der Waals surface area contributed by atoms with Gasteiger partial charge in [-0.05, 0) is 30.9 Å². The van der Waals surface area contributed by atoms with Crippen molar-refractivity contribution in [2.75, 3.05) is 25.5 Å². The van der Waals surface area contributed by atoms with Crippen LogP contribution in [0.3, 0.4) is 0 Å². The van der Waals surface area contributed by atoms with Gasteiger partial charge in [0.25, 0.3) is 5.91 Å². The van der Waals surface area contributed by atoms with E-state index < -0.39 is 0 Å². The van der Waals surface area contributed by atoms with Crippen LogP contribution in [0.5, 0.6) is 5.75 Å². The minimum atomic E-state index is -0.252. The Morgan fingerprint density at radius 3 is 2.75 bits per heavy atom. The molecule has 0 aliphatic rings. The van der Waals surface area contributed by atoms with Crippen LogP contribution in [0, 0.1) is 5.41 Å². The Balaban J connectivity index is 2.82. The van der Waals surface area contributed by atoms with Gasteiger partial charge in [0.15, 0.2) is 0 Å². The SMILES string of the molecule is CCOc1cccc(N)c1C(=O)NCC(C)(C)CCO. The highest BCUT2D eigenvalue weighted by Crippen LogP contribution is 2.25. The fourth-order valence-corrected chi connectivity index (χ4v) is 1.87. The molecule has 0 aliphatic carbocycles. The third-order valence-electron chi connectivity index (χ3n) is 3.10. The van der Waals surface area contributed by atoms with Gasteiger partial charge in [0, 0.05) is 18.8 Å². The van der Waals surface area contributed by atoms with Gasteiger partial charge in [-0.25, -0.2) is 0 Å². The smallest absolute Gasteiger partial charge is 0.257 e. The third kappa shape index (κ3) is 4.42. The average Bonchev–Trinajstić information content (AvgIpc) is 2.37. The molecule has 4 N–H and O–H groups in total. The maximum Gasteiger partial charge on any atom is 0.257 e. The van der Waals surface area contributed by atoms with Crippen LogP contribution in [-0.4, -0.2) is 30.8 Å². The first-order chi connectivity index (χ1) is 9.41. The summed E-state index contributed by atoms with van der Waals surface area (Å²) in [5, 5.41) is 11.8. The summed E-state index contributed by atoms with van der Waals surface area (Å²) in [5.41, 5.74) is 6.47. The van der Waals surface area contributed by atoms with Crippen molar-refractivity contribution in [3.05, 3.63) is 23.8 Å². The second-order valence-electron chi connectivity index (χ2n) is 5.47. The first-order valence-electron chi connectivity index (χ1n) is 6.81. The van der Waals surface area contributed by atoms with Crippen molar-refractivity contribution in [2.24, 2.45) is 5.41 Å². The number of hydrogen-bond donors (Lipinski definition) is 3. The molecule has 0 aliphatic heterocycles. The van der Waals surface area contributed by atoms with Crippen LogP contribution in [0.2, 0.25) is 0 Å². The lowest BCUT2D eigenvalue weighted by Crippen LogP contribution is -2.35. The molecule has 1 aromatic carbocycles. The number of nitrogens with one attached hydrogen (secondary N) is 1. The Hall–Kier alpha value is -1.75. The normalized spacial score (nSPS) is 11.2. The van der Waals surface area contributed by atoms with E-state index >= 15 is 0 Å². The quantitative estimate of drug-likeness (QED) is 0.665. The molecule has 0 atom stereocenters. The summed E-state index contributed by atoms with van der Waals surface area (Å²) in [6, 6.07) is 5.16. The highest BCUT2D eigenvalue weighted by Gasteiger charge is 2.21. The second kappa shape index (κ2) is 7.14. The number of carbonyl (C=O) groups is 1. The summed E-state index contributed by atoms with van der Waals surface area (Å²) >= 11 is 0. The zero-order valence-corrected chi connectivity index (χ0v) is 12.4. The molecule has 0 spiro atoms. The highest BCUT2D eigenvalue weighted by molar-refractivity contribution is 6.01. The summed E-state index contributed by atoms with van der Waals surface area (Å²) in [6.45, 7) is 6.87. The molecule has 0 fully saturated rings. The van der Waals surface area contributed by atoms with E-state index in [2.05, 4.69) is 5.32 Å². The molecule has 1 aromatic rings. The molecule has 1 rings (SSSR count). The molecule has 1 amide bonds. The van der Waals surface area contributed by atoms with Crippen molar-refractivity contribution >= 4 is 11.6 Å². The number of aliphatic hydroxyl groups is 1. The topological polar surface area (TPSA) is 84.6 Å². The number of nitrogens with two attached hydrogens (primary N) is 1. The van der Waals surface area contributed by atoms with Crippen molar-refractivity contribution in [3.8, 4) is 5.75 Å². The lowest BCUT2D eigenvalue weighted by molar-refractivity contribution is 0.0925. The number of hydrogen-bond acceptors (Lipinski definition) is 4. The zero-order chi connectivity index (χ0) is 15.2. The van der Waals surface area contributed by atoms with Gasteiger partial charge in [-0.2, -0.15) is 0 Å². The summed E-state index contributed by atoms with van der Waals surface area (Å²) in [4.78, 5) is 12.3. The summed E-state index contributed by atoms with van der Waals surface area (Å²) in [7, 11) is 0. The van der Waals surface area contributed by atoms with E-state index in [1.165, 1.54) is 0 Å². The van der Waals surface area contributed by atoms with E-state index in [0.717, 1.165) is 0 Å². The number of rotatable bonds is 7.